The third-order valence-corrected chi connectivity index (χ3v) is 5.27. The summed E-state index contributed by atoms with van der Waals surface area (Å²) in [6, 6.07) is 12.0. The van der Waals surface area contributed by atoms with Crippen molar-refractivity contribution in [2.24, 2.45) is 5.92 Å². The van der Waals surface area contributed by atoms with E-state index in [1.807, 2.05) is 35.2 Å². The Morgan fingerprint density at radius 3 is 2.92 bits per heavy atom. The molecule has 4 heteroatoms. The lowest BCUT2D eigenvalue weighted by Crippen LogP contribution is -2.43. The largest absolute Gasteiger partial charge is 0.495 e. The zero-order valence-electron chi connectivity index (χ0n) is 14.7. The van der Waals surface area contributed by atoms with Crippen LogP contribution in [-0.4, -0.2) is 26.2 Å². The Balaban J connectivity index is 1.66. The predicted molar refractivity (Wildman–Crippen MR) is 97.5 cm³/mol. The van der Waals surface area contributed by atoms with E-state index in [0.29, 0.717) is 6.61 Å². The maximum atomic E-state index is 13.3. The predicted octanol–water partition coefficient (Wildman–Crippen LogP) is 3.53. The van der Waals surface area contributed by atoms with Crippen LogP contribution in [0.2, 0.25) is 0 Å². The van der Waals surface area contributed by atoms with E-state index in [1.165, 1.54) is 11.1 Å². The van der Waals surface area contributed by atoms with E-state index >= 15 is 0 Å². The van der Waals surface area contributed by atoms with Gasteiger partial charge >= 0.3 is 0 Å². The highest BCUT2D eigenvalue weighted by Crippen LogP contribution is 2.39. The van der Waals surface area contributed by atoms with Crippen LogP contribution in [0.4, 0.5) is 5.69 Å². The number of hydrogen-bond acceptors (Lipinski definition) is 3. The quantitative estimate of drug-likeness (QED) is 0.841. The number of aryl methyl sites for hydroxylation is 1. The SMILES string of the molecule is COc1ccc(C)c2c1N(C(=O)C1COc3ccccc3C1)CCC2. The molecule has 2 aromatic carbocycles. The Bertz CT molecular complexity index is 815. The zero-order chi connectivity index (χ0) is 17.4. The minimum absolute atomic E-state index is 0.138. The van der Waals surface area contributed by atoms with Gasteiger partial charge in [0, 0.05) is 6.54 Å². The second kappa shape index (κ2) is 6.43. The van der Waals surface area contributed by atoms with Crippen molar-refractivity contribution in [2.45, 2.75) is 26.2 Å². The van der Waals surface area contributed by atoms with Gasteiger partial charge < -0.3 is 14.4 Å². The van der Waals surface area contributed by atoms with E-state index in [2.05, 4.69) is 13.0 Å². The molecule has 130 valence electrons. The summed E-state index contributed by atoms with van der Waals surface area (Å²) in [6.07, 6.45) is 2.71. The second-order valence-corrected chi connectivity index (χ2v) is 6.83. The van der Waals surface area contributed by atoms with E-state index in [1.54, 1.807) is 7.11 Å². The molecule has 2 aliphatic heterocycles. The fourth-order valence-electron chi connectivity index (χ4n) is 3.95. The molecule has 2 heterocycles. The van der Waals surface area contributed by atoms with Crippen LogP contribution in [0.5, 0.6) is 11.5 Å². The highest BCUT2D eigenvalue weighted by atomic mass is 16.5. The van der Waals surface area contributed by atoms with Gasteiger partial charge in [0.2, 0.25) is 5.91 Å². The number of para-hydroxylation sites is 1. The molecule has 0 aliphatic carbocycles. The molecule has 0 aromatic heterocycles. The lowest BCUT2D eigenvalue weighted by molar-refractivity contribution is -0.123. The summed E-state index contributed by atoms with van der Waals surface area (Å²) >= 11 is 0. The van der Waals surface area contributed by atoms with Gasteiger partial charge in [0.15, 0.2) is 0 Å². The Labute approximate surface area is 148 Å². The van der Waals surface area contributed by atoms with Gasteiger partial charge in [-0.25, -0.2) is 0 Å². The van der Waals surface area contributed by atoms with Gasteiger partial charge in [-0.1, -0.05) is 24.3 Å². The number of methoxy groups -OCH3 is 1. The molecule has 0 bridgehead atoms. The summed E-state index contributed by atoms with van der Waals surface area (Å²) in [5, 5.41) is 0. The van der Waals surface area contributed by atoms with Gasteiger partial charge in [-0.2, -0.15) is 0 Å². The molecule has 2 aromatic rings. The van der Waals surface area contributed by atoms with E-state index in [-0.39, 0.29) is 11.8 Å². The smallest absolute Gasteiger partial charge is 0.233 e. The third-order valence-electron chi connectivity index (χ3n) is 5.27. The summed E-state index contributed by atoms with van der Waals surface area (Å²) in [7, 11) is 1.67. The van der Waals surface area contributed by atoms with Crippen LogP contribution in [0.3, 0.4) is 0 Å². The number of carbonyl (C=O) groups excluding carboxylic acids is 1. The van der Waals surface area contributed by atoms with Gasteiger partial charge in [0.1, 0.15) is 18.1 Å². The lowest BCUT2D eigenvalue weighted by Gasteiger charge is -2.35. The first-order chi connectivity index (χ1) is 12.2. The van der Waals surface area contributed by atoms with E-state index in [0.717, 1.165) is 48.6 Å². The Morgan fingerprint density at radius 2 is 2.08 bits per heavy atom. The van der Waals surface area contributed by atoms with Crippen molar-refractivity contribution in [3.8, 4) is 11.5 Å². The first kappa shape index (κ1) is 16.0. The standard InChI is InChI=1S/C21H23NO3/c1-14-9-10-19(24-2)20-17(14)7-5-11-22(20)21(23)16-12-15-6-3-4-8-18(15)25-13-16/h3-4,6,8-10,16H,5,7,11-13H2,1-2H3. The maximum Gasteiger partial charge on any atom is 0.233 e. The number of fused-ring (bicyclic) bond motifs is 2. The number of benzene rings is 2. The Morgan fingerprint density at radius 1 is 1.24 bits per heavy atom. The molecule has 4 nitrogen and oxygen atoms in total. The van der Waals surface area contributed by atoms with Gasteiger partial charge in [0.05, 0.1) is 18.7 Å². The molecule has 0 radical (unpaired) electrons. The number of hydrogen-bond donors (Lipinski definition) is 0. The molecule has 1 atom stereocenters. The molecule has 1 unspecified atom stereocenters. The molecule has 4 rings (SSSR count). The number of nitrogens with zero attached hydrogens (tertiary/aromatic N) is 1. The molecule has 25 heavy (non-hydrogen) atoms. The number of amides is 1. The molecule has 0 saturated carbocycles. The van der Waals surface area contributed by atoms with Gasteiger partial charge in [-0.15, -0.1) is 0 Å². The molecular weight excluding hydrogens is 314 g/mol. The van der Waals surface area contributed by atoms with Crippen LogP contribution in [0.15, 0.2) is 36.4 Å². The van der Waals surface area contributed by atoms with Crippen LogP contribution >= 0.6 is 0 Å². The number of ether oxygens (including phenoxy) is 2. The highest BCUT2D eigenvalue weighted by molar-refractivity contribution is 5.98. The summed E-state index contributed by atoms with van der Waals surface area (Å²) < 4.78 is 11.4. The highest BCUT2D eigenvalue weighted by Gasteiger charge is 2.34. The van der Waals surface area contributed by atoms with E-state index < -0.39 is 0 Å². The summed E-state index contributed by atoms with van der Waals surface area (Å²) in [4.78, 5) is 15.2. The van der Waals surface area contributed by atoms with Gasteiger partial charge in [-0.3, -0.25) is 4.79 Å². The van der Waals surface area contributed by atoms with Crippen molar-refractivity contribution in [3.05, 3.63) is 53.1 Å². The molecular formula is C21H23NO3. The zero-order valence-corrected chi connectivity index (χ0v) is 14.7. The topological polar surface area (TPSA) is 38.8 Å². The maximum absolute atomic E-state index is 13.3. The average Bonchev–Trinajstić information content (AvgIpc) is 2.67. The number of carbonyl (C=O) groups is 1. The fourth-order valence-corrected chi connectivity index (χ4v) is 3.95. The summed E-state index contributed by atoms with van der Waals surface area (Å²) in [5.74, 6) is 1.68. The summed E-state index contributed by atoms with van der Waals surface area (Å²) in [5.41, 5.74) is 4.52. The Hall–Kier alpha value is -2.49. The Kier molecular flexibility index (Phi) is 4.12. The molecule has 0 N–H and O–H groups in total. The van der Waals surface area contributed by atoms with Gasteiger partial charge in [0.25, 0.3) is 0 Å². The third kappa shape index (κ3) is 2.76. The van der Waals surface area contributed by atoms with Gasteiger partial charge in [-0.05, 0) is 55.0 Å². The average molecular weight is 337 g/mol. The minimum Gasteiger partial charge on any atom is -0.495 e. The van der Waals surface area contributed by atoms with Crippen molar-refractivity contribution < 1.29 is 14.3 Å². The van der Waals surface area contributed by atoms with Crippen molar-refractivity contribution >= 4 is 11.6 Å². The van der Waals surface area contributed by atoms with E-state index in [4.69, 9.17) is 9.47 Å². The summed E-state index contributed by atoms with van der Waals surface area (Å²) in [6.45, 7) is 3.28. The second-order valence-electron chi connectivity index (χ2n) is 6.83. The number of anilines is 1. The van der Waals surface area contributed by atoms with Crippen LogP contribution in [0.25, 0.3) is 0 Å². The van der Waals surface area contributed by atoms with E-state index in [9.17, 15) is 4.79 Å². The molecule has 0 fully saturated rings. The van der Waals surface area contributed by atoms with Crippen molar-refractivity contribution in [1.29, 1.82) is 0 Å². The molecule has 0 saturated heterocycles. The first-order valence-corrected chi connectivity index (χ1v) is 8.87. The monoisotopic (exact) mass is 337 g/mol. The number of rotatable bonds is 2. The van der Waals surface area contributed by atoms with Crippen molar-refractivity contribution in [2.75, 3.05) is 25.2 Å². The molecule has 1 amide bonds. The van der Waals surface area contributed by atoms with Crippen LogP contribution in [-0.2, 0) is 17.6 Å². The lowest BCUT2D eigenvalue weighted by atomic mass is 9.92. The minimum atomic E-state index is -0.147. The van der Waals surface area contributed by atoms with Crippen LogP contribution < -0.4 is 14.4 Å². The van der Waals surface area contributed by atoms with Crippen molar-refractivity contribution in [3.63, 3.8) is 0 Å². The molecule has 2 aliphatic rings. The molecule has 0 spiro atoms. The fraction of sp³-hybridized carbons (Fsp3) is 0.381. The van der Waals surface area contributed by atoms with Crippen LogP contribution in [0.1, 0.15) is 23.1 Å². The normalized spacial score (nSPS) is 18.8. The first-order valence-electron chi connectivity index (χ1n) is 8.87. The van der Waals surface area contributed by atoms with Crippen molar-refractivity contribution in [1.82, 2.24) is 0 Å². The van der Waals surface area contributed by atoms with Crippen LogP contribution in [0, 0.1) is 12.8 Å².